The summed E-state index contributed by atoms with van der Waals surface area (Å²) in [4.78, 5) is 1.50. The van der Waals surface area contributed by atoms with E-state index in [1.54, 1.807) is 7.11 Å². The second-order valence-corrected chi connectivity index (χ2v) is 6.68. The third-order valence-electron chi connectivity index (χ3n) is 4.65. The SMILES string of the molecule is COc1ccc2cc(CNCC3CCN(CC(F)(F)F)C3)ccc2c1. The summed E-state index contributed by atoms with van der Waals surface area (Å²) in [5.74, 6) is 1.12. The molecule has 6 heteroatoms. The summed E-state index contributed by atoms with van der Waals surface area (Å²) >= 11 is 0. The van der Waals surface area contributed by atoms with Gasteiger partial charge in [0.05, 0.1) is 13.7 Å². The van der Waals surface area contributed by atoms with Crippen LogP contribution in [0.2, 0.25) is 0 Å². The van der Waals surface area contributed by atoms with Crippen LogP contribution < -0.4 is 10.1 Å². The number of likely N-dealkylation sites (tertiary alicyclic amines) is 1. The van der Waals surface area contributed by atoms with Crippen LogP contribution in [0.3, 0.4) is 0 Å². The van der Waals surface area contributed by atoms with Gasteiger partial charge in [-0.1, -0.05) is 18.2 Å². The Hall–Kier alpha value is -1.79. The monoisotopic (exact) mass is 352 g/mol. The molecule has 2 aromatic carbocycles. The van der Waals surface area contributed by atoms with Gasteiger partial charge in [0.25, 0.3) is 0 Å². The molecule has 0 aromatic heterocycles. The van der Waals surface area contributed by atoms with Crippen molar-refractivity contribution in [1.82, 2.24) is 10.2 Å². The minimum absolute atomic E-state index is 0.284. The summed E-state index contributed by atoms with van der Waals surface area (Å²) in [6.45, 7) is 1.72. The van der Waals surface area contributed by atoms with Gasteiger partial charge in [0, 0.05) is 13.1 Å². The second kappa shape index (κ2) is 7.62. The Morgan fingerprint density at radius 1 is 1.16 bits per heavy atom. The number of nitrogens with one attached hydrogen (secondary N) is 1. The zero-order valence-corrected chi connectivity index (χ0v) is 14.3. The zero-order chi connectivity index (χ0) is 17.9. The average Bonchev–Trinajstić information content (AvgIpc) is 2.99. The van der Waals surface area contributed by atoms with Crippen LogP contribution >= 0.6 is 0 Å². The third-order valence-corrected chi connectivity index (χ3v) is 4.65. The van der Waals surface area contributed by atoms with Gasteiger partial charge in [0.15, 0.2) is 0 Å². The summed E-state index contributed by atoms with van der Waals surface area (Å²) in [6, 6.07) is 12.2. The molecule has 0 saturated carbocycles. The van der Waals surface area contributed by atoms with Gasteiger partial charge in [-0.2, -0.15) is 13.2 Å². The fourth-order valence-electron chi connectivity index (χ4n) is 3.41. The third kappa shape index (κ3) is 5.09. The van der Waals surface area contributed by atoms with E-state index in [1.807, 2.05) is 18.2 Å². The number of methoxy groups -OCH3 is 1. The molecule has 0 aliphatic carbocycles. The Morgan fingerprint density at radius 2 is 1.92 bits per heavy atom. The smallest absolute Gasteiger partial charge is 0.401 e. The van der Waals surface area contributed by atoms with E-state index in [4.69, 9.17) is 4.74 Å². The van der Waals surface area contributed by atoms with Crippen LogP contribution in [0, 0.1) is 5.92 Å². The van der Waals surface area contributed by atoms with E-state index in [9.17, 15) is 13.2 Å². The normalized spacial score (nSPS) is 18.8. The van der Waals surface area contributed by atoms with Crippen molar-refractivity contribution in [3.8, 4) is 5.75 Å². The minimum atomic E-state index is -4.10. The molecule has 25 heavy (non-hydrogen) atoms. The van der Waals surface area contributed by atoms with Crippen molar-refractivity contribution >= 4 is 10.8 Å². The Bertz CT molecular complexity index is 717. The van der Waals surface area contributed by atoms with E-state index in [2.05, 4.69) is 23.5 Å². The molecular formula is C19H23F3N2O. The van der Waals surface area contributed by atoms with Crippen molar-refractivity contribution in [2.45, 2.75) is 19.1 Å². The van der Waals surface area contributed by atoms with Crippen molar-refractivity contribution in [1.29, 1.82) is 0 Å². The van der Waals surface area contributed by atoms with Gasteiger partial charge < -0.3 is 10.1 Å². The number of hydrogen-bond donors (Lipinski definition) is 1. The van der Waals surface area contributed by atoms with Gasteiger partial charge in [-0.3, -0.25) is 4.90 Å². The number of nitrogens with zero attached hydrogens (tertiary/aromatic N) is 1. The summed E-state index contributed by atoms with van der Waals surface area (Å²) in [7, 11) is 1.65. The second-order valence-electron chi connectivity index (χ2n) is 6.68. The lowest BCUT2D eigenvalue weighted by atomic mass is 10.1. The number of alkyl halides is 3. The standard InChI is InChI=1S/C19H23F3N2O/c1-25-18-5-4-16-8-14(2-3-17(16)9-18)10-23-11-15-6-7-24(12-15)13-19(20,21)22/h2-5,8-9,15,23H,6-7,10-13H2,1H3. The maximum atomic E-state index is 12.4. The van der Waals surface area contributed by atoms with E-state index in [1.165, 1.54) is 10.5 Å². The quantitative estimate of drug-likeness (QED) is 0.855. The molecule has 1 N–H and O–H groups in total. The molecule has 0 radical (unpaired) electrons. The van der Waals surface area contributed by atoms with Crippen LogP contribution in [0.1, 0.15) is 12.0 Å². The van der Waals surface area contributed by atoms with Gasteiger partial charge in [-0.25, -0.2) is 0 Å². The van der Waals surface area contributed by atoms with Crippen LogP contribution in [0.5, 0.6) is 5.75 Å². The summed E-state index contributed by atoms with van der Waals surface area (Å²) in [5, 5.41) is 5.66. The number of fused-ring (bicyclic) bond motifs is 1. The lowest BCUT2D eigenvalue weighted by Gasteiger charge is -2.18. The summed E-state index contributed by atoms with van der Waals surface area (Å²) in [5.41, 5.74) is 1.17. The van der Waals surface area contributed by atoms with Gasteiger partial charge in [-0.15, -0.1) is 0 Å². The van der Waals surface area contributed by atoms with Crippen molar-refractivity contribution in [2.24, 2.45) is 5.92 Å². The Balaban J connectivity index is 1.48. The number of hydrogen-bond acceptors (Lipinski definition) is 3. The number of rotatable bonds is 6. The fraction of sp³-hybridized carbons (Fsp3) is 0.474. The van der Waals surface area contributed by atoms with Crippen molar-refractivity contribution in [2.75, 3.05) is 33.3 Å². The van der Waals surface area contributed by atoms with Gasteiger partial charge in [0.1, 0.15) is 5.75 Å². The zero-order valence-electron chi connectivity index (χ0n) is 14.3. The molecule has 0 bridgehead atoms. The largest absolute Gasteiger partial charge is 0.497 e. The van der Waals surface area contributed by atoms with E-state index < -0.39 is 12.7 Å². The van der Waals surface area contributed by atoms with Crippen LogP contribution in [0.4, 0.5) is 13.2 Å². The average molecular weight is 352 g/mol. The molecule has 1 saturated heterocycles. The van der Waals surface area contributed by atoms with Gasteiger partial charge >= 0.3 is 6.18 Å². The van der Waals surface area contributed by atoms with Crippen molar-refractivity contribution in [3.63, 3.8) is 0 Å². The maximum absolute atomic E-state index is 12.4. The van der Waals surface area contributed by atoms with Crippen LogP contribution in [-0.4, -0.2) is 44.4 Å². The molecule has 3 rings (SSSR count). The molecule has 0 spiro atoms. The van der Waals surface area contributed by atoms with Gasteiger partial charge in [0.2, 0.25) is 0 Å². The Labute approximate surface area is 145 Å². The summed E-state index contributed by atoms with van der Waals surface area (Å²) in [6.07, 6.45) is -3.28. The minimum Gasteiger partial charge on any atom is -0.497 e. The molecule has 1 aliphatic heterocycles. The molecule has 2 aromatic rings. The Morgan fingerprint density at radius 3 is 2.68 bits per heavy atom. The maximum Gasteiger partial charge on any atom is 0.401 e. The predicted octanol–water partition coefficient (Wildman–Crippen LogP) is 3.82. The molecule has 3 nitrogen and oxygen atoms in total. The highest BCUT2D eigenvalue weighted by Crippen LogP contribution is 2.23. The first-order chi connectivity index (χ1) is 11.9. The first kappa shape index (κ1) is 18.0. The highest BCUT2D eigenvalue weighted by Gasteiger charge is 2.34. The Kier molecular flexibility index (Phi) is 5.49. The molecule has 0 amide bonds. The molecule has 1 heterocycles. The molecule has 136 valence electrons. The molecule has 1 atom stereocenters. The number of benzene rings is 2. The first-order valence-electron chi connectivity index (χ1n) is 8.49. The van der Waals surface area contributed by atoms with Crippen molar-refractivity contribution < 1.29 is 17.9 Å². The molecule has 1 fully saturated rings. The van der Waals surface area contributed by atoms with E-state index in [0.29, 0.717) is 13.1 Å². The van der Waals surface area contributed by atoms with E-state index >= 15 is 0 Å². The first-order valence-corrected chi connectivity index (χ1v) is 8.49. The lowest BCUT2D eigenvalue weighted by Crippen LogP contribution is -2.33. The number of halogens is 3. The topological polar surface area (TPSA) is 24.5 Å². The number of ether oxygens (including phenoxy) is 1. The van der Waals surface area contributed by atoms with Crippen molar-refractivity contribution in [3.05, 3.63) is 42.0 Å². The van der Waals surface area contributed by atoms with Crippen LogP contribution in [-0.2, 0) is 6.54 Å². The predicted molar refractivity (Wildman–Crippen MR) is 92.8 cm³/mol. The van der Waals surface area contributed by atoms with Crippen LogP contribution in [0.15, 0.2) is 36.4 Å². The highest BCUT2D eigenvalue weighted by atomic mass is 19.4. The molecule has 1 aliphatic rings. The van der Waals surface area contributed by atoms with Gasteiger partial charge in [-0.05, 0) is 60.0 Å². The van der Waals surface area contributed by atoms with Crippen LogP contribution in [0.25, 0.3) is 10.8 Å². The van der Waals surface area contributed by atoms with E-state index in [-0.39, 0.29) is 5.92 Å². The molecular weight excluding hydrogens is 329 g/mol. The highest BCUT2D eigenvalue weighted by molar-refractivity contribution is 5.84. The fourth-order valence-corrected chi connectivity index (χ4v) is 3.41. The lowest BCUT2D eigenvalue weighted by molar-refractivity contribution is -0.143. The molecule has 1 unspecified atom stereocenters. The summed E-state index contributed by atoms with van der Waals surface area (Å²) < 4.78 is 42.5. The van der Waals surface area contributed by atoms with E-state index in [0.717, 1.165) is 36.0 Å².